The Labute approximate surface area is 132 Å². The van der Waals surface area contributed by atoms with Crippen LogP contribution in [0, 0.1) is 0 Å². The van der Waals surface area contributed by atoms with Gasteiger partial charge in [0.25, 0.3) is 11.8 Å². The minimum Gasteiger partial charge on any atom is -0.322 e. The van der Waals surface area contributed by atoms with Gasteiger partial charge in [0.2, 0.25) is 0 Å². The fourth-order valence-electron chi connectivity index (χ4n) is 2.43. The summed E-state index contributed by atoms with van der Waals surface area (Å²) in [4.78, 5) is 35.3. The lowest BCUT2D eigenvalue weighted by Gasteiger charge is -2.21. The predicted octanol–water partition coefficient (Wildman–Crippen LogP) is 1.99. The molecular formula is C17H15N3O3. The van der Waals surface area contributed by atoms with Crippen LogP contribution in [0.5, 0.6) is 0 Å². The Bertz CT molecular complexity index is 771. The van der Waals surface area contributed by atoms with Gasteiger partial charge in [-0.2, -0.15) is 0 Å². The molecule has 1 fully saturated rings. The fraction of sp³-hybridized carbons (Fsp3) is 0.118. The van der Waals surface area contributed by atoms with Crippen molar-refractivity contribution >= 4 is 23.5 Å². The quantitative estimate of drug-likeness (QED) is 0.758. The molecular weight excluding hydrogens is 294 g/mol. The molecule has 0 aliphatic carbocycles. The third-order valence-corrected chi connectivity index (χ3v) is 3.80. The van der Waals surface area contributed by atoms with Crippen molar-refractivity contribution in [3.63, 3.8) is 0 Å². The second-order valence-electron chi connectivity index (χ2n) is 5.43. The second-order valence-corrected chi connectivity index (χ2v) is 5.43. The highest BCUT2D eigenvalue weighted by Crippen LogP contribution is 2.25. The molecule has 0 unspecified atom stereocenters. The number of anilines is 1. The van der Waals surface area contributed by atoms with Crippen LogP contribution in [0.2, 0.25) is 0 Å². The summed E-state index contributed by atoms with van der Waals surface area (Å²) in [5, 5.41) is 7.59. The Hall–Kier alpha value is -3.15. The summed E-state index contributed by atoms with van der Waals surface area (Å²) in [5.41, 5.74) is 0.708. The van der Waals surface area contributed by atoms with Crippen LogP contribution in [0.3, 0.4) is 0 Å². The van der Waals surface area contributed by atoms with E-state index in [1.165, 1.54) is 0 Å². The van der Waals surface area contributed by atoms with Crippen LogP contribution in [0.25, 0.3) is 0 Å². The van der Waals surface area contributed by atoms with Crippen LogP contribution in [-0.2, 0) is 10.3 Å². The number of nitrogens with one attached hydrogen (secondary N) is 3. The third kappa shape index (κ3) is 2.78. The van der Waals surface area contributed by atoms with Gasteiger partial charge in [0.1, 0.15) is 5.54 Å². The zero-order valence-electron chi connectivity index (χ0n) is 12.4. The van der Waals surface area contributed by atoms with Crippen LogP contribution in [-0.4, -0.2) is 17.8 Å². The standard InChI is InChI=1S/C17H15N3O3/c1-17(15(22)19-16(23)20-17)12-7-9-13(10-8-12)18-14(21)11-5-3-2-4-6-11/h2-10H,1H3,(H,18,21)(H2,19,20,22,23)/t17-/m1/s1. The minimum absolute atomic E-state index is 0.212. The molecule has 1 aliphatic rings. The molecule has 1 saturated heterocycles. The molecule has 4 amide bonds. The van der Waals surface area contributed by atoms with Crippen LogP contribution in [0.15, 0.2) is 54.6 Å². The highest BCUT2D eigenvalue weighted by molar-refractivity contribution is 6.07. The Morgan fingerprint density at radius 3 is 2.22 bits per heavy atom. The van der Waals surface area contributed by atoms with Crippen molar-refractivity contribution in [3.8, 4) is 0 Å². The summed E-state index contributed by atoms with van der Waals surface area (Å²) >= 11 is 0. The van der Waals surface area contributed by atoms with E-state index in [9.17, 15) is 14.4 Å². The van der Waals surface area contributed by atoms with Gasteiger partial charge in [-0.05, 0) is 36.8 Å². The lowest BCUT2D eigenvalue weighted by atomic mass is 9.92. The first-order valence-electron chi connectivity index (χ1n) is 7.09. The van der Waals surface area contributed by atoms with E-state index in [1.54, 1.807) is 55.5 Å². The summed E-state index contributed by atoms with van der Waals surface area (Å²) in [5.74, 6) is -0.611. The number of rotatable bonds is 3. The van der Waals surface area contributed by atoms with Gasteiger partial charge in [0, 0.05) is 11.3 Å². The summed E-state index contributed by atoms with van der Waals surface area (Å²) in [6, 6.07) is 15.1. The van der Waals surface area contributed by atoms with Gasteiger partial charge >= 0.3 is 6.03 Å². The zero-order valence-corrected chi connectivity index (χ0v) is 12.4. The van der Waals surface area contributed by atoms with Gasteiger partial charge < -0.3 is 10.6 Å². The molecule has 0 saturated carbocycles. The fourth-order valence-corrected chi connectivity index (χ4v) is 2.43. The smallest absolute Gasteiger partial charge is 0.322 e. The van der Waals surface area contributed by atoms with Crippen molar-refractivity contribution in [2.24, 2.45) is 0 Å². The van der Waals surface area contributed by atoms with Crippen molar-refractivity contribution in [2.75, 3.05) is 5.32 Å². The molecule has 2 aromatic rings. The predicted molar refractivity (Wildman–Crippen MR) is 84.9 cm³/mol. The first-order valence-corrected chi connectivity index (χ1v) is 7.09. The van der Waals surface area contributed by atoms with E-state index in [1.807, 2.05) is 6.07 Å². The van der Waals surface area contributed by atoms with Crippen LogP contribution in [0.4, 0.5) is 10.5 Å². The number of urea groups is 1. The molecule has 0 bridgehead atoms. The number of amides is 4. The van der Waals surface area contributed by atoms with Gasteiger partial charge in [0.05, 0.1) is 0 Å². The van der Waals surface area contributed by atoms with Gasteiger partial charge in [-0.1, -0.05) is 30.3 Å². The monoisotopic (exact) mass is 309 g/mol. The first kappa shape index (κ1) is 14.8. The molecule has 23 heavy (non-hydrogen) atoms. The highest BCUT2D eigenvalue weighted by Gasteiger charge is 2.43. The number of carbonyl (C=O) groups excluding carboxylic acids is 3. The molecule has 1 heterocycles. The number of benzene rings is 2. The molecule has 3 rings (SSSR count). The largest absolute Gasteiger partial charge is 0.322 e. The van der Waals surface area contributed by atoms with Crippen LogP contribution < -0.4 is 16.0 Å². The van der Waals surface area contributed by atoms with Crippen LogP contribution >= 0.6 is 0 Å². The maximum atomic E-state index is 12.1. The summed E-state index contributed by atoms with van der Waals surface area (Å²) in [7, 11) is 0. The van der Waals surface area contributed by atoms with Crippen molar-refractivity contribution in [1.29, 1.82) is 0 Å². The molecule has 2 aromatic carbocycles. The summed E-state index contributed by atoms with van der Waals surface area (Å²) in [6.45, 7) is 1.63. The maximum Gasteiger partial charge on any atom is 0.322 e. The Balaban J connectivity index is 1.77. The Kier molecular flexibility index (Phi) is 3.57. The first-order chi connectivity index (χ1) is 11.0. The van der Waals surface area contributed by atoms with Gasteiger partial charge in [-0.25, -0.2) is 4.79 Å². The Morgan fingerprint density at radius 1 is 1.00 bits per heavy atom. The molecule has 1 aliphatic heterocycles. The van der Waals surface area contributed by atoms with E-state index >= 15 is 0 Å². The maximum absolute atomic E-state index is 12.1. The summed E-state index contributed by atoms with van der Waals surface area (Å²) < 4.78 is 0. The minimum atomic E-state index is -1.10. The normalized spacial score (nSPS) is 19.9. The number of carbonyl (C=O) groups is 3. The summed E-state index contributed by atoms with van der Waals surface area (Å²) in [6.07, 6.45) is 0. The van der Waals surface area contributed by atoms with Crippen LogP contribution in [0.1, 0.15) is 22.8 Å². The molecule has 6 nitrogen and oxygen atoms in total. The van der Waals surface area contributed by atoms with Crippen molar-refractivity contribution in [2.45, 2.75) is 12.5 Å². The van der Waals surface area contributed by atoms with Gasteiger partial charge in [-0.15, -0.1) is 0 Å². The highest BCUT2D eigenvalue weighted by atomic mass is 16.2. The Morgan fingerprint density at radius 2 is 1.65 bits per heavy atom. The van der Waals surface area contributed by atoms with E-state index in [0.717, 1.165) is 0 Å². The van der Waals surface area contributed by atoms with Crippen molar-refractivity contribution < 1.29 is 14.4 Å². The molecule has 0 aromatic heterocycles. The third-order valence-electron chi connectivity index (χ3n) is 3.80. The second kappa shape index (κ2) is 5.57. The van der Waals surface area contributed by atoms with E-state index < -0.39 is 17.5 Å². The van der Waals surface area contributed by atoms with E-state index in [4.69, 9.17) is 0 Å². The molecule has 6 heteroatoms. The molecule has 3 N–H and O–H groups in total. The molecule has 1 atom stereocenters. The van der Waals surface area contributed by atoms with Crippen molar-refractivity contribution in [3.05, 3.63) is 65.7 Å². The van der Waals surface area contributed by atoms with Gasteiger partial charge in [0.15, 0.2) is 0 Å². The van der Waals surface area contributed by atoms with E-state index in [2.05, 4.69) is 16.0 Å². The topological polar surface area (TPSA) is 87.3 Å². The van der Waals surface area contributed by atoms with E-state index in [-0.39, 0.29) is 5.91 Å². The average Bonchev–Trinajstić information content (AvgIpc) is 2.82. The lowest BCUT2D eigenvalue weighted by Crippen LogP contribution is -2.40. The number of imide groups is 1. The van der Waals surface area contributed by atoms with E-state index in [0.29, 0.717) is 16.8 Å². The molecule has 0 spiro atoms. The molecule has 0 radical (unpaired) electrons. The molecule has 116 valence electrons. The number of hydrogen-bond acceptors (Lipinski definition) is 3. The van der Waals surface area contributed by atoms with Gasteiger partial charge in [-0.3, -0.25) is 14.9 Å². The average molecular weight is 309 g/mol. The van der Waals surface area contributed by atoms with Crippen molar-refractivity contribution in [1.82, 2.24) is 10.6 Å². The SMILES string of the molecule is C[C@]1(c2ccc(NC(=O)c3ccccc3)cc2)NC(=O)NC1=O. The number of hydrogen-bond donors (Lipinski definition) is 3. The lowest BCUT2D eigenvalue weighted by molar-refractivity contribution is -0.123. The zero-order chi connectivity index (χ0) is 16.4.